The highest BCUT2D eigenvalue weighted by molar-refractivity contribution is 4.92. The molecule has 0 aliphatic heterocycles. The molecule has 0 aromatic carbocycles. The third-order valence-electron chi connectivity index (χ3n) is 3.94. The predicted molar refractivity (Wildman–Crippen MR) is 50.7 cm³/mol. The van der Waals surface area contributed by atoms with Crippen molar-refractivity contribution in [3.63, 3.8) is 0 Å². The molecule has 0 heterocycles. The molecule has 0 saturated heterocycles. The molecule has 0 amide bonds. The number of nitrogens with two attached hydrogens (primary N) is 1. The highest BCUT2D eigenvalue weighted by Crippen LogP contribution is 2.43. The van der Waals surface area contributed by atoms with Gasteiger partial charge < -0.3 is 10.8 Å². The Kier molecular flexibility index (Phi) is 2.79. The summed E-state index contributed by atoms with van der Waals surface area (Å²) < 4.78 is 0. The van der Waals surface area contributed by atoms with E-state index < -0.39 is 0 Å². The van der Waals surface area contributed by atoms with Crippen molar-refractivity contribution in [2.24, 2.45) is 23.0 Å². The van der Waals surface area contributed by atoms with Gasteiger partial charge in [-0.3, -0.25) is 0 Å². The van der Waals surface area contributed by atoms with Gasteiger partial charge in [0, 0.05) is 12.6 Å². The van der Waals surface area contributed by atoms with E-state index >= 15 is 0 Å². The molecular formula is C10H21NO. The van der Waals surface area contributed by atoms with Gasteiger partial charge in [0.15, 0.2) is 0 Å². The quantitative estimate of drug-likeness (QED) is 0.626. The molecule has 1 aliphatic rings. The van der Waals surface area contributed by atoms with Crippen LogP contribution in [0.1, 0.15) is 33.6 Å². The number of rotatable bonds is 1. The van der Waals surface area contributed by atoms with Crippen LogP contribution in [0, 0.1) is 17.3 Å². The Bertz CT molecular complexity index is 152. The number of hydrogen-bond acceptors (Lipinski definition) is 2. The SMILES string of the molecule is C[C@@H]1[C@@H](N)CC[C@H](CO)C1(C)C. The molecule has 12 heavy (non-hydrogen) atoms. The monoisotopic (exact) mass is 171 g/mol. The van der Waals surface area contributed by atoms with Gasteiger partial charge in [0.25, 0.3) is 0 Å². The fraction of sp³-hybridized carbons (Fsp3) is 1.00. The first kappa shape index (κ1) is 10.0. The first-order chi connectivity index (χ1) is 5.50. The molecule has 1 rings (SSSR count). The van der Waals surface area contributed by atoms with E-state index in [1.165, 1.54) is 0 Å². The normalized spacial score (nSPS) is 41.2. The molecular weight excluding hydrogens is 150 g/mol. The Labute approximate surface area is 75.2 Å². The van der Waals surface area contributed by atoms with Crippen molar-refractivity contribution in [2.45, 2.75) is 39.7 Å². The molecule has 1 aliphatic carbocycles. The third-order valence-corrected chi connectivity index (χ3v) is 3.94. The predicted octanol–water partition coefficient (Wildman–Crippen LogP) is 1.38. The standard InChI is InChI=1S/C10H21NO/c1-7-9(11)5-4-8(6-12)10(7,2)3/h7-9,12H,4-6,11H2,1-3H3/t7-,8-,9+/m1/s1. The van der Waals surface area contributed by atoms with E-state index in [9.17, 15) is 5.11 Å². The van der Waals surface area contributed by atoms with Crippen molar-refractivity contribution in [1.29, 1.82) is 0 Å². The second-order valence-corrected chi connectivity index (χ2v) is 4.73. The van der Waals surface area contributed by atoms with Crippen LogP contribution in [0.15, 0.2) is 0 Å². The van der Waals surface area contributed by atoms with E-state index in [0.29, 0.717) is 24.5 Å². The van der Waals surface area contributed by atoms with Crippen molar-refractivity contribution in [1.82, 2.24) is 0 Å². The number of hydrogen-bond donors (Lipinski definition) is 2. The minimum absolute atomic E-state index is 0.201. The lowest BCUT2D eigenvalue weighted by molar-refractivity contribution is 0.0168. The summed E-state index contributed by atoms with van der Waals surface area (Å²) in [5.74, 6) is 0.954. The Hall–Kier alpha value is -0.0800. The molecule has 1 fully saturated rings. The maximum atomic E-state index is 9.19. The van der Waals surface area contributed by atoms with E-state index in [4.69, 9.17) is 5.73 Å². The van der Waals surface area contributed by atoms with Gasteiger partial charge in [-0.25, -0.2) is 0 Å². The largest absolute Gasteiger partial charge is 0.396 e. The van der Waals surface area contributed by atoms with Crippen LogP contribution >= 0.6 is 0 Å². The van der Waals surface area contributed by atoms with Crippen molar-refractivity contribution in [3.05, 3.63) is 0 Å². The molecule has 0 spiro atoms. The fourth-order valence-corrected chi connectivity index (χ4v) is 2.27. The van der Waals surface area contributed by atoms with Crippen molar-refractivity contribution < 1.29 is 5.11 Å². The molecule has 2 heteroatoms. The summed E-state index contributed by atoms with van der Waals surface area (Å²) in [6.45, 7) is 6.95. The Morgan fingerprint density at radius 2 is 2.00 bits per heavy atom. The molecule has 0 bridgehead atoms. The summed E-state index contributed by atoms with van der Waals surface area (Å²) >= 11 is 0. The molecule has 3 N–H and O–H groups in total. The van der Waals surface area contributed by atoms with E-state index in [1.807, 2.05) is 0 Å². The first-order valence-electron chi connectivity index (χ1n) is 4.86. The minimum Gasteiger partial charge on any atom is -0.396 e. The fourth-order valence-electron chi connectivity index (χ4n) is 2.27. The summed E-state index contributed by atoms with van der Waals surface area (Å²) in [5, 5.41) is 9.19. The Morgan fingerprint density at radius 3 is 2.50 bits per heavy atom. The van der Waals surface area contributed by atoms with Crippen LogP contribution in [0.3, 0.4) is 0 Å². The van der Waals surface area contributed by atoms with Crippen LogP contribution in [0.5, 0.6) is 0 Å². The number of aliphatic hydroxyl groups is 1. The van der Waals surface area contributed by atoms with Crippen LogP contribution in [0.2, 0.25) is 0 Å². The molecule has 1 saturated carbocycles. The van der Waals surface area contributed by atoms with E-state index in [1.54, 1.807) is 0 Å². The summed E-state index contributed by atoms with van der Waals surface area (Å²) in [6, 6.07) is 0.322. The summed E-state index contributed by atoms with van der Waals surface area (Å²) in [7, 11) is 0. The van der Waals surface area contributed by atoms with Crippen LogP contribution in [0.25, 0.3) is 0 Å². The van der Waals surface area contributed by atoms with Crippen LogP contribution in [-0.2, 0) is 0 Å². The second kappa shape index (κ2) is 3.35. The van der Waals surface area contributed by atoms with Gasteiger partial charge in [-0.05, 0) is 30.1 Å². The maximum Gasteiger partial charge on any atom is 0.0464 e. The minimum atomic E-state index is 0.201. The zero-order chi connectivity index (χ0) is 9.35. The highest BCUT2D eigenvalue weighted by atomic mass is 16.3. The van der Waals surface area contributed by atoms with Crippen LogP contribution in [0.4, 0.5) is 0 Å². The van der Waals surface area contributed by atoms with Crippen molar-refractivity contribution in [3.8, 4) is 0 Å². The molecule has 0 radical (unpaired) electrons. The summed E-state index contributed by atoms with van der Waals surface area (Å²) in [6.07, 6.45) is 2.14. The Balaban J connectivity index is 2.73. The lowest BCUT2D eigenvalue weighted by Crippen LogP contribution is -2.47. The lowest BCUT2D eigenvalue weighted by Gasteiger charge is -2.46. The smallest absolute Gasteiger partial charge is 0.0464 e. The average molecular weight is 171 g/mol. The van der Waals surface area contributed by atoms with E-state index in [0.717, 1.165) is 12.8 Å². The summed E-state index contributed by atoms with van der Waals surface area (Å²) in [5.41, 5.74) is 6.19. The molecule has 2 nitrogen and oxygen atoms in total. The van der Waals surface area contributed by atoms with Crippen LogP contribution < -0.4 is 5.73 Å². The van der Waals surface area contributed by atoms with Gasteiger partial charge in [0.05, 0.1) is 0 Å². The van der Waals surface area contributed by atoms with E-state index in [-0.39, 0.29) is 5.41 Å². The second-order valence-electron chi connectivity index (χ2n) is 4.73. The van der Waals surface area contributed by atoms with Gasteiger partial charge in [0.1, 0.15) is 0 Å². The zero-order valence-electron chi connectivity index (χ0n) is 8.38. The molecule has 0 aromatic rings. The summed E-state index contributed by atoms with van der Waals surface area (Å²) in [4.78, 5) is 0. The van der Waals surface area contributed by atoms with E-state index in [2.05, 4.69) is 20.8 Å². The molecule has 72 valence electrons. The highest BCUT2D eigenvalue weighted by Gasteiger charge is 2.40. The first-order valence-corrected chi connectivity index (χ1v) is 4.86. The molecule has 0 aromatic heterocycles. The zero-order valence-corrected chi connectivity index (χ0v) is 8.38. The topological polar surface area (TPSA) is 46.2 Å². The third kappa shape index (κ3) is 1.50. The van der Waals surface area contributed by atoms with Gasteiger partial charge in [0.2, 0.25) is 0 Å². The number of aliphatic hydroxyl groups excluding tert-OH is 1. The van der Waals surface area contributed by atoms with Gasteiger partial charge in [-0.15, -0.1) is 0 Å². The van der Waals surface area contributed by atoms with Crippen molar-refractivity contribution >= 4 is 0 Å². The molecule has 0 unspecified atom stereocenters. The van der Waals surface area contributed by atoms with Gasteiger partial charge in [-0.1, -0.05) is 20.8 Å². The average Bonchev–Trinajstić information content (AvgIpc) is 2.01. The molecule has 3 atom stereocenters. The van der Waals surface area contributed by atoms with Crippen molar-refractivity contribution in [2.75, 3.05) is 6.61 Å². The van der Waals surface area contributed by atoms with Gasteiger partial charge >= 0.3 is 0 Å². The Morgan fingerprint density at radius 1 is 1.42 bits per heavy atom. The van der Waals surface area contributed by atoms with Crippen LogP contribution in [-0.4, -0.2) is 17.8 Å². The maximum absolute atomic E-state index is 9.19. The van der Waals surface area contributed by atoms with Gasteiger partial charge in [-0.2, -0.15) is 0 Å². The lowest BCUT2D eigenvalue weighted by atomic mass is 9.61.